The summed E-state index contributed by atoms with van der Waals surface area (Å²) in [4.78, 5) is 13.3. The number of aryl methyl sites for hydroxylation is 3. The van der Waals surface area contributed by atoms with E-state index in [2.05, 4.69) is 46.7 Å². The summed E-state index contributed by atoms with van der Waals surface area (Å²) < 4.78 is 108. The van der Waals surface area contributed by atoms with E-state index < -0.39 is 46.2 Å². The molecule has 4 aromatic heterocycles. The van der Waals surface area contributed by atoms with Crippen molar-refractivity contribution in [2.24, 2.45) is 5.41 Å². The first-order chi connectivity index (χ1) is 28.1. The molecule has 7 rings (SSSR count). The summed E-state index contributed by atoms with van der Waals surface area (Å²) in [6.07, 6.45) is 1.39. The first kappa shape index (κ1) is 25.6. The number of nitrogens with zero attached hydrogens (tertiary/aromatic N) is 3. The van der Waals surface area contributed by atoms with E-state index >= 15 is 0 Å². The SMILES string of the molecule is [2H]C([2H])([2H])c1c[c-]c(-c2cc(C([2H])([2H])C(C)(C)C)c([Si](C)(C)C)cn2)c(F)c1.[2H]C([2H])([2H])c1ccnc(-c2[c-]cc(C([2H])([2H])[2H])c3c2oc2nc(-c4ccccc4)ccc23)c1.[Ir]. The maximum Gasteiger partial charge on any atom is 0.216 e. The molecule has 0 atom stereocenters. The Morgan fingerprint density at radius 2 is 1.59 bits per heavy atom. The minimum absolute atomic E-state index is 0. The summed E-state index contributed by atoms with van der Waals surface area (Å²) in [6, 6.07) is 26.9. The summed E-state index contributed by atoms with van der Waals surface area (Å²) in [6.45, 7) is 4.71. The zero-order chi connectivity index (χ0) is 45.1. The molecular formula is C44H44FIrN3OSi-2. The van der Waals surface area contributed by atoms with Gasteiger partial charge in [-0.25, -0.2) is 4.98 Å². The second-order valence-electron chi connectivity index (χ2n) is 14.1. The Morgan fingerprint density at radius 3 is 2.27 bits per heavy atom. The summed E-state index contributed by atoms with van der Waals surface area (Å²) in [5, 5.41) is 1.83. The van der Waals surface area contributed by atoms with Crippen molar-refractivity contribution in [1.29, 1.82) is 0 Å². The van der Waals surface area contributed by atoms with Crippen LogP contribution in [-0.4, -0.2) is 23.0 Å². The molecule has 4 nitrogen and oxygen atoms in total. The summed E-state index contributed by atoms with van der Waals surface area (Å²) in [5.41, 5.74) is 3.03. The van der Waals surface area contributed by atoms with Gasteiger partial charge >= 0.3 is 0 Å². The second-order valence-corrected chi connectivity index (χ2v) is 19.1. The number of fused-ring (bicyclic) bond motifs is 3. The molecule has 0 saturated heterocycles. The Labute approximate surface area is 331 Å². The van der Waals surface area contributed by atoms with Gasteiger partial charge in [0.1, 0.15) is 0 Å². The Hall–Kier alpha value is -4.29. The van der Waals surface area contributed by atoms with Crippen LogP contribution in [0.2, 0.25) is 19.6 Å². The third-order valence-corrected chi connectivity index (χ3v) is 9.88. The van der Waals surface area contributed by atoms with Crippen molar-refractivity contribution in [2.75, 3.05) is 0 Å². The molecule has 263 valence electrons. The Balaban J connectivity index is 0.000000234. The summed E-state index contributed by atoms with van der Waals surface area (Å²) in [7, 11) is -1.92. The van der Waals surface area contributed by atoms with Gasteiger partial charge in [0.05, 0.1) is 19.4 Å². The van der Waals surface area contributed by atoms with Crippen LogP contribution < -0.4 is 5.19 Å². The van der Waals surface area contributed by atoms with Crippen LogP contribution in [0.15, 0.2) is 95.7 Å². The van der Waals surface area contributed by atoms with Crippen molar-refractivity contribution in [3.05, 3.63) is 131 Å². The van der Waals surface area contributed by atoms with Crippen LogP contribution in [0.3, 0.4) is 0 Å². The van der Waals surface area contributed by atoms with Gasteiger partial charge in [0.15, 0.2) is 0 Å². The molecule has 7 heteroatoms. The number of halogens is 1. The molecule has 0 bridgehead atoms. The van der Waals surface area contributed by atoms with E-state index in [4.69, 9.17) is 19.5 Å². The molecule has 0 spiro atoms. The van der Waals surface area contributed by atoms with Crippen molar-refractivity contribution >= 4 is 35.3 Å². The van der Waals surface area contributed by atoms with Crippen molar-refractivity contribution in [3.8, 4) is 33.8 Å². The molecule has 0 saturated carbocycles. The molecule has 51 heavy (non-hydrogen) atoms. The topological polar surface area (TPSA) is 51.8 Å². The molecule has 7 aromatic rings. The maximum atomic E-state index is 14.7. The quantitative estimate of drug-likeness (QED) is 0.128. The second kappa shape index (κ2) is 15.1. The number of rotatable bonds is 5. The van der Waals surface area contributed by atoms with Crippen LogP contribution in [0, 0.1) is 43.9 Å². The third-order valence-electron chi connectivity index (χ3n) is 7.87. The minimum Gasteiger partial charge on any atom is -0.486 e. The maximum absolute atomic E-state index is 14.7. The first-order valence-corrected chi connectivity index (χ1v) is 19.6. The molecule has 3 aromatic carbocycles. The fourth-order valence-electron chi connectivity index (χ4n) is 5.59. The van der Waals surface area contributed by atoms with Gasteiger partial charge in [-0.2, -0.15) is 0 Å². The van der Waals surface area contributed by atoms with Crippen molar-refractivity contribution in [3.63, 3.8) is 0 Å². The Bertz CT molecular complexity index is 2740. The van der Waals surface area contributed by atoms with Gasteiger partial charge in [0.25, 0.3) is 0 Å². The fraction of sp³-hybridized carbons (Fsp3) is 0.250. The molecule has 0 aliphatic heterocycles. The van der Waals surface area contributed by atoms with Crippen LogP contribution in [0.5, 0.6) is 0 Å². The first-order valence-electron chi connectivity index (χ1n) is 21.6. The molecular weight excluding hydrogens is 826 g/mol. The van der Waals surface area contributed by atoms with Gasteiger partial charge in [-0.05, 0) is 53.4 Å². The van der Waals surface area contributed by atoms with Gasteiger partial charge < -0.3 is 14.4 Å². The molecule has 0 aliphatic rings. The number of furan rings is 1. The largest absolute Gasteiger partial charge is 0.486 e. The molecule has 0 fully saturated rings. The van der Waals surface area contributed by atoms with Crippen molar-refractivity contribution < 1.29 is 44.0 Å². The van der Waals surface area contributed by atoms with Crippen LogP contribution >= 0.6 is 0 Å². The zero-order valence-electron chi connectivity index (χ0n) is 40.1. The van der Waals surface area contributed by atoms with E-state index in [1.54, 1.807) is 18.3 Å². The molecule has 4 heterocycles. The number of aromatic nitrogens is 3. The van der Waals surface area contributed by atoms with Crippen molar-refractivity contribution in [2.45, 2.75) is 67.3 Å². The van der Waals surface area contributed by atoms with Crippen molar-refractivity contribution in [1.82, 2.24) is 15.0 Å². The zero-order valence-corrected chi connectivity index (χ0v) is 32.5. The fourth-order valence-corrected chi connectivity index (χ4v) is 6.99. The number of pyridine rings is 3. The Morgan fingerprint density at radius 1 is 0.843 bits per heavy atom. The van der Waals surface area contributed by atoms with Gasteiger partial charge in [-0.1, -0.05) is 124 Å². The summed E-state index contributed by atoms with van der Waals surface area (Å²) >= 11 is 0. The van der Waals surface area contributed by atoms with E-state index in [1.165, 1.54) is 30.5 Å². The van der Waals surface area contributed by atoms with E-state index in [1.807, 2.05) is 57.2 Å². The predicted molar refractivity (Wildman–Crippen MR) is 208 cm³/mol. The number of benzene rings is 3. The van der Waals surface area contributed by atoms with Crippen LogP contribution in [0.4, 0.5) is 4.39 Å². The minimum atomic E-state index is -2.42. The molecule has 1 radical (unpaired) electrons. The van der Waals surface area contributed by atoms with Gasteiger partial charge in [0.2, 0.25) is 5.71 Å². The average Bonchev–Trinajstić information content (AvgIpc) is 3.55. The van der Waals surface area contributed by atoms with E-state index in [-0.39, 0.29) is 59.3 Å². The van der Waals surface area contributed by atoms with Crippen LogP contribution in [0.25, 0.3) is 55.8 Å². The molecule has 0 aliphatic carbocycles. The molecule has 0 unspecified atom stereocenters. The number of hydrogen-bond acceptors (Lipinski definition) is 4. The van der Waals surface area contributed by atoms with Gasteiger partial charge in [0, 0.05) is 64.3 Å². The van der Waals surface area contributed by atoms with Gasteiger partial charge in [-0.3, -0.25) is 4.39 Å². The molecule has 0 amide bonds. The van der Waals surface area contributed by atoms with E-state index in [0.29, 0.717) is 33.3 Å². The Kier molecular flexibility index (Phi) is 7.60. The van der Waals surface area contributed by atoms with E-state index in [0.717, 1.165) is 16.8 Å². The van der Waals surface area contributed by atoms with Gasteiger partial charge in [-0.15, -0.1) is 41.5 Å². The standard InChI is InChI=1S/C24H17N2O.C20H27FNSi.Ir/c1-15-12-13-25-21(14-15)18-9-8-16(2)22-19-10-11-20(17-6-4-3-5-7-17)26-24(19)27-23(18)22;1-14-8-9-16(17(21)10-14)18-11-15(12-20(2,3)4)19(13-22-18)23(5,6)7;/h3-8,10-14H,1-2H3;8,10-11,13H,12H2,1-7H3;/q2*-1;/i1D3,2D3;1D3,12D2;. The summed E-state index contributed by atoms with van der Waals surface area (Å²) in [5.74, 6) is -0.732. The molecule has 0 N–H and O–H groups in total. The number of hydrogen-bond donors (Lipinski definition) is 0. The van der Waals surface area contributed by atoms with Crippen LogP contribution in [0.1, 0.15) is 58.1 Å². The average molecular weight is 881 g/mol. The third kappa shape index (κ3) is 8.61. The monoisotopic (exact) mass is 881 g/mol. The predicted octanol–water partition coefficient (Wildman–Crippen LogP) is 11.3. The van der Waals surface area contributed by atoms with Crippen LogP contribution in [-0.2, 0) is 26.5 Å². The normalized spacial score (nSPS) is 15.9. The van der Waals surface area contributed by atoms with E-state index in [9.17, 15) is 4.39 Å². The smallest absolute Gasteiger partial charge is 0.216 e.